The molecule has 0 N–H and O–H groups in total. The summed E-state index contributed by atoms with van der Waals surface area (Å²) in [6.07, 6.45) is 3.19. The summed E-state index contributed by atoms with van der Waals surface area (Å²) in [6, 6.07) is 8.74. The van der Waals surface area contributed by atoms with E-state index in [1.165, 1.54) is 11.1 Å². The number of amides is 2. The Morgan fingerprint density at radius 1 is 1.12 bits per heavy atom. The maximum absolute atomic E-state index is 13.2. The van der Waals surface area contributed by atoms with Gasteiger partial charge < -0.3 is 14.7 Å². The van der Waals surface area contributed by atoms with Crippen LogP contribution in [-0.4, -0.2) is 72.8 Å². The van der Waals surface area contributed by atoms with Crippen molar-refractivity contribution in [3.63, 3.8) is 0 Å². The fraction of sp³-hybridized carbons (Fsp3) is 0.619. The lowest BCUT2D eigenvalue weighted by Crippen LogP contribution is -2.45. The molecule has 142 valence electrons. The van der Waals surface area contributed by atoms with Crippen LogP contribution in [0, 0.1) is 5.92 Å². The molecule has 5 heteroatoms. The van der Waals surface area contributed by atoms with Crippen LogP contribution in [0.3, 0.4) is 0 Å². The van der Waals surface area contributed by atoms with E-state index in [1.807, 2.05) is 19.0 Å². The molecule has 1 aromatic rings. The summed E-state index contributed by atoms with van der Waals surface area (Å²) in [5, 5.41) is 0. The summed E-state index contributed by atoms with van der Waals surface area (Å²) in [5.41, 5.74) is 2.73. The van der Waals surface area contributed by atoms with Crippen molar-refractivity contribution in [2.24, 2.45) is 5.92 Å². The van der Waals surface area contributed by atoms with E-state index in [2.05, 4.69) is 41.0 Å². The monoisotopic (exact) mass is 357 g/mol. The van der Waals surface area contributed by atoms with E-state index in [1.54, 1.807) is 0 Å². The zero-order chi connectivity index (χ0) is 18.7. The van der Waals surface area contributed by atoms with Gasteiger partial charge in [0, 0.05) is 38.6 Å². The number of benzene rings is 1. The molecule has 1 heterocycles. The molecule has 0 bridgehead atoms. The van der Waals surface area contributed by atoms with E-state index in [0.717, 1.165) is 32.4 Å². The molecule has 0 saturated carbocycles. The van der Waals surface area contributed by atoms with Gasteiger partial charge in [-0.25, -0.2) is 0 Å². The van der Waals surface area contributed by atoms with Gasteiger partial charge in [0.15, 0.2) is 0 Å². The number of carbonyl (C=O) groups excluding carboxylic acids is 2. The van der Waals surface area contributed by atoms with Gasteiger partial charge in [0.2, 0.25) is 11.8 Å². The van der Waals surface area contributed by atoms with E-state index in [4.69, 9.17) is 0 Å². The molecular weight excluding hydrogens is 326 g/mol. The summed E-state index contributed by atoms with van der Waals surface area (Å²) in [6.45, 7) is 5.01. The van der Waals surface area contributed by atoms with Gasteiger partial charge in [0.1, 0.15) is 0 Å². The van der Waals surface area contributed by atoms with Crippen LogP contribution in [0.1, 0.15) is 30.9 Å². The van der Waals surface area contributed by atoms with E-state index in [0.29, 0.717) is 19.5 Å². The summed E-state index contributed by atoms with van der Waals surface area (Å²) < 4.78 is 0. The number of likely N-dealkylation sites (N-methyl/N-ethyl adjacent to an activating group) is 1. The van der Waals surface area contributed by atoms with Crippen LogP contribution < -0.4 is 0 Å². The van der Waals surface area contributed by atoms with Gasteiger partial charge in [0.25, 0.3) is 0 Å². The minimum Gasteiger partial charge on any atom is -0.341 e. The van der Waals surface area contributed by atoms with E-state index in [-0.39, 0.29) is 23.8 Å². The minimum absolute atomic E-state index is 0.122. The van der Waals surface area contributed by atoms with Crippen molar-refractivity contribution in [1.29, 1.82) is 0 Å². The van der Waals surface area contributed by atoms with Crippen molar-refractivity contribution < 1.29 is 9.59 Å². The van der Waals surface area contributed by atoms with Gasteiger partial charge in [-0.3, -0.25) is 9.59 Å². The van der Waals surface area contributed by atoms with E-state index >= 15 is 0 Å². The molecule has 2 amide bonds. The first-order valence-corrected chi connectivity index (χ1v) is 9.79. The quantitative estimate of drug-likeness (QED) is 0.747. The van der Waals surface area contributed by atoms with Crippen LogP contribution in [0.15, 0.2) is 24.3 Å². The molecule has 1 aliphatic carbocycles. The highest BCUT2D eigenvalue weighted by Crippen LogP contribution is 2.28. The molecule has 0 aromatic heterocycles. The zero-order valence-electron chi connectivity index (χ0n) is 16.3. The standard InChI is InChI=1S/C21H31N3O2/c1-4-9-24(19-12-16-7-5-6-8-17(16)13-19)21(26)18-14-20(25)23(15-18)11-10-22(2)3/h5-8,18-19H,4,9-15H2,1-3H3/t18-/m1/s1. The van der Waals surface area contributed by atoms with Crippen LogP contribution in [0.4, 0.5) is 0 Å². The van der Waals surface area contributed by atoms with Crippen LogP contribution in [0.25, 0.3) is 0 Å². The number of rotatable bonds is 7. The fourth-order valence-corrected chi connectivity index (χ4v) is 4.18. The molecule has 2 aliphatic rings. The zero-order valence-corrected chi connectivity index (χ0v) is 16.3. The highest BCUT2D eigenvalue weighted by Gasteiger charge is 2.39. The van der Waals surface area contributed by atoms with E-state index < -0.39 is 0 Å². The van der Waals surface area contributed by atoms with Crippen molar-refractivity contribution in [1.82, 2.24) is 14.7 Å². The Labute approximate surface area is 156 Å². The molecule has 0 unspecified atom stereocenters. The normalized spacial score (nSPS) is 20.1. The smallest absolute Gasteiger partial charge is 0.228 e. The molecule has 1 atom stereocenters. The molecule has 0 radical (unpaired) electrons. The number of likely N-dealkylation sites (tertiary alicyclic amines) is 1. The molecule has 1 saturated heterocycles. The molecular formula is C21H31N3O2. The molecule has 5 nitrogen and oxygen atoms in total. The van der Waals surface area contributed by atoms with Crippen molar-refractivity contribution in [2.45, 2.75) is 38.6 Å². The lowest BCUT2D eigenvalue weighted by molar-refractivity contribution is -0.138. The second-order valence-electron chi connectivity index (χ2n) is 7.91. The first-order chi connectivity index (χ1) is 12.5. The summed E-state index contributed by atoms with van der Waals surface area (Å²) in [7, 11) is 4.01. The number of hydrogen-bond acceptors (Lipinski definition) is 3. The van der Waals surface area contributed by atoms with Crippen molar-refractivity contribution in [3.05, 3.63) is 35.4 Å². The summed E-state index contributed by atoms with van der Waals surface area (Å²) in [4.78, 5) is 31.5. The minimum atomic E-state index is -0.181. The topological polar surface area (TPSA) is 43.9 Å². The van der Waals surface area contributed by atoms with Gasteiger partial charge in [-0.15, -0.1) is 0 Å². The Balaban J connectivity index is 1.65. The molecule has 1 fully saturated rings. The largest absolute Gasteiger partial charge is 0.341 e. The van der Waals surface area contributed by atoms with Crippen LogP contribution in [0.2, 0.25) is 0 Å². The van der Waals surface area contributed by atoms with Gasteiger partial charge in [-0.05, 0) is 44.5 Å². The van der Waals surface area contributed by atoms with Crippen LogP contribution in [-0.2, 0) is 22.4 Å². The predicted molar refractivity (Wildman–Crippen MR) is 103 cm³/mol. The number of nitrogens with zero attached hydrogens (tertiary/aromatic N) is 3. The summed E-state index contributed by atoms with van der Waals surface area (Å²) in [5.74, 6) is 0.113. The first kappa shape index (κ1) is 18.9. The fourth-order valence-electron chi connectivity index (χ4n) is 4.18. The van der Waals surface area contributed by atoms with E-state index in [9.17, 15) is 9.59 Å². The maximum atomic E-state index is 13.2. The third-order valence-corrected chi connectivity index (χ3v) is 5.60. The van der Waals surface area contributed by atoms with Crippen molar-refractivity contribution in [2.75, 3.05) is 40.3 Å². The average molecular weight is 357 g/mol. The van der Waals surface area contributed by atoms with Crippen molar-refractivity contribution in [3.8, 4) is 0 Å². The van der Waals surface area contributed by atoms with Gasteiger partial charge >= 0.3 is 0 Å². The molecule has 1 aliphatic heterocycles. The molecule has 26 heavy (non-hydrogen) atoms. The van der Waals surface area contributed by atoms with Gasteiger partial charge in [-0.1, -0.05) is 31.2 Å². The highest BCUT2D eigenvalue weighted by atomic mass is 16.2. The third kappa shape index (κ3) is 4.09. The van der Waals surface area contributed by atoms with Crippen LogP contribution >= 0.6 is 0 Å². The Morgan fingerprint density at radius 3 is 2.35 bits per heavy atom. The van der Waals surface area contributed by atoms with Crippen LogP contribution in [0.5, 0.6) is 0 Å². The number of carbonyl (C=O) groups is 2. The summed E-state index contributed by atoms with van der Waals surface area (Å²) >= 11 is 0. The highest BCUT2D eigenvalue weighted by molar-refractivity contribution is 5.89. The molecule has 0 spiro atoms. The predicted octanol–water partition coefficient (Wildman–Crippen LogP) is 1.80. The van der Waals surface area contributed by atoms with Gasteiger partial charge in [0.05, 0.1) is 5.92 Å². The molecule has 1 aromatic carbocycles. The average Bonchev–Trinajstić information content (AvgIpc) is 3.20. The third-order valence-electron chi connectivity index (χ3n) is 5.60. The van der Waals surface area contributed by atoms with Crippen molar-refractivity contribution >= 4 is 11.8 Å². The Bertz CT molecular complexity index is 633. The molecule has 3 rings (SSSR count). The maximum Gasteiger partial charge on any atom is 0.228 e. The SMILES string of the molecule is CCCN(C(=O)[C@@H]1CC(=O)N(CCN(C)C)C1)C1Cc2ccccc2C1. The lowest BCUT2D eigenvalue weighted by Gasteiger charge is -2.31. The Morgan fingerprint density at radius 2 is 1.77 bits per heavy atom. The Hall–Kier alpha value is -1.88. The Kier molecular flexibility index (Phi) is 5.97. The second kappa shape index (κ2) is 8.21. The number of hydrogen-bond donors (Lipinski definition) is 0. The first-order valence-electron chi connectivity index (χ1n) is 9.79. The van der Waals surface area contributed by atoms with Gasteiger partial charge in [-0.2, -0.15) is 0 Å². The lowest BCUT2D eigenvalue weighted by atomic mass is 10.0. The second-order valence-corrected chi connectivity index (χ2v) is 7.91. The number of fused-ring (bicyclic) bond motifs is 1.